The Morgan fingerprint density at radius 3 is 2.36 bits per heavy atom. The number of Topliss-reactive ketones (excluding diaryl/α,β-unsaturated/α-hetero) is 1. The highest BCUT2D eigenvalue weighted by atomic mass is 16.5. The fraction of sp³-hybridized carbons (Fsp3) is 0.130. The molecule has 0 aliphatic rings. The van der Waals surface area contributed by atoms with Crippen molar-refractivity contribution in [2.75, 3.05) is 13.7 Å². The molecule has 140 valence electrons. The SMILES string of the molecule is COc1ccc(C(=O)COc2ccc3c(oc(=O)c4ccccc43)c2C)cc1. The molecule has 0 amide bonds. The number of benzene rings is 3. The van der Waals surface area contributed by atoms with Crippen LogP contribution in [0.25, 0.3) is 21.7 Å². The van der Waals surface area contributed by atoms with Gasteiger partial charge in [0.25, 0.3) is 0 Å². The molecule has 0 radical (unpaired) electrons. The summed E-state index contributed by atoms with van der Waals surface area (Å²) in [6.07, 6.45) is 0. The van der Waals surface area contributed by atoms with Gasteiger partial charge in [-0.05, 0) is 54.8 Å². The number of hydrogen-bond donors (Lipinski definition) is 0. The molecule has 0 N–H and O–H groups in total. The number of rotatable bonds is 5. The smallest absolute Gasteiger partial charge is 0.344 e. The molecule has 28 heavy (non-hydrogen) atoms. The molecule has 4 aromatic rings. The van der Waals surface area contributed by atoms with Crippen molar-refractivity contribution >= 4 is 27.5 Å². The van der Waals surface area contributed by atoms with Gasteiger partial charge in [-0.2, -0.15) is 0 Å². The fourth-order valence-corrected chi connectivity index (χ4v) is 3.22. The third-order valence-corrected chi connectivity index (χ3v) is 4.76. The molecule has 0 atom stereocenters. The molecule has 5 nitrogen and oxygen atoms in total. The lowest BCUT2D eigenvalue weighted by atomic mass is 10.0. The molecular weight excluding hydrogens is 356 g/mol. The Bertz CT molecular complexity index is 1240. The van der Waals surface area contributed by atoms with Gasteiger partial charge < -0.3 is 13.9 Å². The zero-order valence-corrected chi connectivity index (χ0v) is 15.5. The maximum Gasteiger partial charge on any atom is 0.344 e. The summed E-state index contributed by atoms with van der Waals surface area (Å²) in [6.45, 7) is 1.70. The number of hydrogen-bond acceptors (Lipinski definition) is 5. The molecule has 0 bridgehead atoms. The zero-order chi connectivity index (χ0) is 19.7. The Balaban J connectivity index is 1.64. The predicted octanol–water partition coefficient (Wildman–Crippen LogP) is 4.52. The lowest BCUT2D eigenvalue weighted by molar-refractivity contribution is 0.0921. The molecule has 4 rings (SSSR count). The molecular formula is C23H18O5. The summed E-state index contributed by atoms with van der Waals surface area (Å²) in [7, 11) is 1.57. The maximum atomic E-state index is 12.4. The van der Waals surface area contributed by atoms with Gasteiger partial charge in [0, 0.05) is 16.5 Å². The van der Waals surface area contributed by atoms with E-state index in [0.717, 1.165) is 10.8 Å². The van der Waals surface area contributed by atoms with Crippen LogP contribution in [0.4, 0.5) is 0 Å². The van der Waals surface area contributed by atoms with Crippen molar-refractivity contribution in [3.63, 3.8) is 0 Å². The number of ketones is 1. The molecule has 0 saturated heterocycles. The highest BCUT2D eigenvalue weighted by molar-refractivity contribution is 6.05. The van der Waals surface area contributed by atoms with E-state index in [-0.39, 0.29) is 12.4 Å². The summed E-state index contributed by atoms with van der Waals surface area (Å²) in [5, 5.41) is 2.21. The minimum atomic E-state index is -0.391. The molecule has 1 aromatic heterocycles. The van der Waals surface area contributed by atoms with E-state index in [1.54, 1.807) is 49.6 Å². The molecule has 0 spiro atoms. The third kappa shape index (κ3) is 3.11. The first-order valence-corrected chi connectivity index (χ1v) is 8.83. The van der Waals surface area contributed by atoms with E-state index < -0.39 is 5.63 Å². The molecule has 0 aliphatic carbocycles. The van der Waals surface area contributed by atoms with Crippen LogP contribution < -0.4 is 15.1 Å². The molecule has 0 unspecified atom stereocenters. The van der Waals surface area contributed by atoms with Gasteiger partial charge in [-0.1, -0.05) is 18.2 Å². The Morgan fingerprint density at radius 1 is 0.929 bits per heavy atom. The number of fused-ring (bicyclic) bond motifs is 3. The summed E-state index contributed by atoms with van der Waals surface area (Å²) < 4.78 is 16.4. The van der Waals surface area contributed by atoms with E-state index >= 15 is 0 Å². The van der Waals surface area contributed by atoms with Gasteiger partial charge in [-0.15, -0.1) is 0 Å². The first kappa shape index (κ1) is 17.8. The quantitative estimate of drug-likeness (QED) is 0.292. The van der Waals surface area contributed by atoms with E-state index in [1.807, 2.05) is 25.1 Å². The van der Waals surface area contributed by atoms with Crippen molar-refractivity contribution in [3.8, 4) is 11.5 Å². The number of ether oxygens (including phenoxy) is 2. The van der Waals surface area contributed by atoms with Crippen molar-refractivity contribution in [2.24, 2.45) is 0 Å². The number of carbonyl (C=O) groups is 1. The molecule has 0 fully saturated rings. The highest BCUT2D eigenvalue weighted by Gasteiger charge is 2.14. The predicted molar refractivity (Wildman–Crippen MR) is 108 cm³/mol. The highest BCUT2D eigenvalue weighted by Crippen LogP contribution is 2.30. The number of aryl methyl sites for hydroxylation is 1. The second-order valence-electron chi connectivity index (χ2n) is 6.44. The van der Waals surface area contributed by atoms with Crippen LogP contribution in [0.3, 0.4) is 0 Å². The second-order valence-corrected chi connectivity index (χ2v) is 6.44. The molecule has 3 aromatic carbocycles. The van der Waals surface area contributed by atoms with Crippen LogP contribution in [-0.2, 0) is 0 Å². The van der Waals surface area contributed by atoms with Gasteiger partial charge in [0.2, 0.25) is 0 Å². The van der Waals surface area contributed by atoms with Crippen molar-refractivity contribution in [1.29, 1.82) is 0 Å². The van der Waals surface area contributed by atoms with Gasteiger partial charge in [0.1, 0.15) is 17.1 Å². The van der Waals surface area contributed by atoms with Crippen LogP contribution in [0.15, 0.2) is 69.9 Å². The fourth-order valence-electron chi connectivity index (χ4n) is 3.22. The zero-order valence-electron chi connectivity index (χ0n) is 15.5. The Labute approximate surface area is 161 Å². The van der Waals surface area contributed by atoms with Crippen LogP contribution in [0.1, 0.15) is 15.9 Å². The van der Waals surface area contributed by atoms with Gasteiger partial charge in [-0.3, -0.25) is 4.79 Å². The van der Waals surface area contributed by atoms with Gasteiger partial charge in [0.15, 0.2) is 12.4 Å². The molecule has 0 aliphatic heterocycles. The van der Waals surface area contributed by atoms with Crippen molar-refractivity contribution in [2.45, 2.75) is 6.92 Å². The average molecular weight is 374 g/mol. The maximum absolute atomic E-state index is 12.4. The van der Waals surface area contributed by atoms with E-state index in [0.29, 0.717) is 33.6 Å². The molecule has 1 heterocycles. The minimum Gasteiger partial charge on any atom is -0.497 e. The van der Waals surface area contributed by atoms with Crippen molar-refractivity contribution in [3.05, 3.63) is 82.2 Å². The Kier molecular flexibility index (Phi) is 4.57. The van der Waals surface area contributed by atoms with E-state index in [1.165, 1.54) is 0 Å². The first-order chi connectivity index (χ1) is 13.6. The molecule has 0 saturated carbocycles. The van der Waals surface area contributed by atoms with E-state index in [9.17, 15) is 9.59 Å². The van der Waals surface area contributed by atoms with Crippen molar-refractivity contribution in [1.82, 2.24) is 0 Å². The topological polar surface area (TPSA) is 65.7 Å². The summed E-state index contributed by atoms with van der Waals surface area (Å²) in [6, 6.07) is 17.8. The van der Waals surface area contributed by atoms with Gasteiger partial charge >= 0.3 is 5.63 Å². The van der Waals surface area contributed by atoms with Crippen LogP contribution >= 0.6 is 0 Å². The lowest BCUT2D eigenvalue weighted by Gasteiger charge is -2.11. The minimum absolute atomic E-state index is 0.115. The summed E-state index contributed by atoms with van der Waals surface area (Å²) in [5.41, 5.74) is 1.30. The van der Waals surface area contributed by atoms with Gasteiger partial charge in [-0.25, -0.2) is 4.79 Å². The Morgan fingerprint density at radius 2 is 1.64 bits per heavy atom. The summed E-state index contributed by atoms with van der Waals surface area (Å²) in [4.78, 5) is 24.7. The van der Waals surface area contributed by atoms with Crippen LogP contribution in [-0.4, -0.2) is 19.5 Å². The molecule has 5 heteroatoms. The average Bonchev–Trinajstić information content (AvgIpc) is 2.74. The third-order valence-electron chi connectivity index (χ3n) is 4.76. The lowest BCUT2D eigenvalue weighted by Crippen LogP contribution is -2.12. The number of carbonyl (C=O) groups excluding carboxylic acids is 1. The van der Waals surface area contributed by atoms with E-state index in [4.69, 9.17) is 13.9 Å². The summed E-state index contributed by atoms with van der Waals surface area (Å²) >= 11 is 0. The summed E-state index contributed by atoms with van der Waals surface area (Å²) in [5.74, 6) is 1.04. The standard InChI is InChI=1S/C23H18O5/c1-14-21(27-13-20(24)15-7-9-16(26-2)10-8-15)12-11-18-17-5-3-4-6-19(17)23(25)28-22(14)18/h3-12H,13H2,1-2H3. The van der Waals surface area contributed by atoms with Crippen LogP contribution in [0.5, 0.6) is 11.5 Å². The number of methoxy groups -OCH3 is 1. The van der Waals surface area contributed by atoms with E-state index in [2.05, 4.69) is 0 Å². The van der Waals surface area contributed by atoms with Crippen LogP contribution in [0.2, 0.25) is 0 Å². The van der Waals surface area contributed by atoms with Crippen molar-refractivity contribution < 1.29 is 18.7 Å². The van der Waals surface area contributed by atoms with Gasteiger partial charge in [0.05, 0.1) is 12.5 Å². The monoisotopic (exact) mass is 374 g/mol. The normalized spacial score (nSPS) is 10.9. The van der Waals surface area contributed by atoms with Crippen LogP contribution in [0, 0.1) is 6.92 Å². The first-order valence-electron chi connectivity index (χ1n) is 8.83. The second kappa shape index (κ2) is 7.19. The Hall–Kier alpha value is -3.60. The largest absolute Gasteiger partial charge is 0.497 e.